The van der Waals surface area contributed by atoms with Gasteiger partial charge in [-0.2, -0.15) is 0 Å². The molecule has 3 heterocycles. The maximum Gasteiger partial charge on any atom is 0.243 e. The summed E-state index contributed by atoms with van der Waals surface area (Å²) in [5.41, 5.74) is 11.7. The van der Waals surface area contributed by atoms with Crippen LogP contribution in [0.2, 0.25) is 0 Å². The second-order valence-electron chi connectivity index (χ2n) is 11.2. The molecule has 0 aromatic heterocycles. The van der Waals surface area contributed by atoms with E-state index in [4.69, 9.17) is 16.2 Å². The first-order chi connectivity index (χ1) is 20.0. The molecule has 6 atom stereocenters. The third-order valence-electron chi connectivity index (χ3n) is 7.95. The molecule has 13 heteroatoms. The number of β-amino-alcohol motifs (C(OH)–C–C–N with tert-alkyl or cyclic N) is 1. The zero-order valence-corrected chi connectivity index (χ0v) is 24.3. The SMILES string of the molecule is CC[C@H](C)[C@H](NC(=O)[C@@H]1CCCN1CC(O)[C@@H]1Cc2ccc(cc2)OCCCC(=O)N[C@@H](CC(N)=O)C(=O)N1)C(N)=O. The van der Waals surface area contributed by atoms with Gasteiger partial charge in [-0.15, -0.1) is 0 Å². The Kier molecular flexibility index (Phi) is 12.1. The minimum atomic E-state index is -1.21. The van der Waals surface area contributed by atoms with Gasteiger partial charge in [0.1, 0.15) is 17.8 Å². The number of hydrogen-bond acceptors (Lipinski definition) is 8. The summed E-state index contributed by atoms with van der Waals surface area (Å²) in [6.07, 6.45) is 1.09. The number of nitrogens with one attached hydrogen (secondary N) is 3. The monoisotopic (exact) mass is 588 g/mol. The topological polar surface area (TPSA) is 206 Å². The number of likely N-dealkylation sites (tertiary alicyclic amines) is 1. The predicted octanol–water partition coefficient (Wildman–Crippen LogP) is -0.912. The number of nitrogens with zero attached hydrogens (tertiary/aromatic N) is 1. The average molecular weight is 589 g/mol. The van der Waals surface area contributed by atoms with Gasteiger partial charge in [-0.25, -0.2) is 0 Å². The van der Waals surface area contributed by atoms with Crippen LogP contribution in [-0.2, 0) is 30.4 Å². The van der Waals surface area contributed by atoms with Crippen molar-refractivity contribution in [2.75, 3.05) is 19.7 Å². The molecular formula is C29H44N6O7. The molecule has 1 fully saturated rings. The highest BCUT2D eigenvalue weighted by Crippen LogP contribution is 2.21. The summed E-state index contributed by atoms with van der Waals surface area (Å²) < 4.78 is 5.70. The van der Waals surface area contributed by atoms with Crippen molar-refractivity contribution < 1.29 is 33.8 Å². The quantitative estimate of drug-likeness (QED) is 0.201. The van der Waals surface area contributed by atoms with Crippen LogP contribution in [0.4, 0.5) is 0 Å². The number of hydrogen-bond donors (Lipinski definition) is 6. The van der Waals surface area contributed by atoms with Gasteiger partial charge in [-0.05, 0) is 55.8 Å². The molecule has 4 rings (SSSR count). The Balaban J connectivity index is 1.80. The lowest BCUT2D eigenvalue weighted by Gasteiger charge is -2.32. The maximum absolute atomic E-state index is 13.3. The third-order valence-corrected chi connectivity index (χ3v) is 7.95. The number of aliphatic hydroxyl groups excluding tert-OH is 1. The lowest BCUT2D eigenvalue weighted by Crippen LogP contribution is -2.57. The van der Waals surface area contributed by atoms with E-state index in [0.717, 1.165) is 5.56 Å². The van der Waals surface area contributed by atoms with E-state index < -0.39 is 60.3 Å². The van der Waals surface area contributed by atoms with E-state index in [1.165, 1.54) is 0 Å². The number of ether oxygens (including phenoxy) is 1. The van der Waals surface area contributed by atoms with Crippen molar-refractivity contribution in [3.05, 3.63) is 29.8 Å². The van der Waals surface area contributed by atoms with E-state index in [9.17, 15) is 29.1 Å². The summed E-state index contributed by atoms with van der Waals surface area (Å²) in [6, 6.07) is 3.79. The van der Waals surface area contributed by atoms with Crippen molar-refractivity contribution in [3.8, 4) is 5.75 Å². The molecule has 1 unspecified atom stereocenters. The van der Waals surface area contributed by atoms with Gasteiger partial charge in [0.25, 0.3) is 0 Å². The van der Waals surface area contributed by atoms with Gasteiger partial charge in [0.05, 0.1) is 31.2 Å². The highest BCUT2D eigenvalue weighted by atomic mass is 16.5. The Morgan fingerprint density at radius 2 is 1.86 bits per heavy atom. The molecule has 1 saturated heterocycles. The number of carbonyl (C=O) groups is 5. The van der Waals surface area contributed by atoms with Gasteiger partial charge < -0.3 is 37.3 Å². The molecule has 3 aliphatic heterocycles. The molecule has 232 valence electrons. The van der Waals surface area contributed by atoms with Crippen LogP contribution in [-0.4, -0.2) is 89.5 Å². The second-order valence-corrected chi connectivity index (χ2v) is 11.2. The standard InChI is InChI=1S/C29H44N6O7/c1-3-17(2)26(27(31)39)34-29(41)22-6-4-12-35(22)16-23(36)20-14-18-8-10-19(11-9-18)42-13-5-7-25(38)32-21(15-24(30)37)28(40)33-20/h8-11,17,20-23,26,36H,3-7,12-16H2,1-2H3,(H2,30,37)(H2,31,39)(H,32,38)(H,33,40)(H,34,41)/t17-,20-,21-,22-,23?,26-/m0/s1. The lowest BCUT2D eigenvalue weighted by molar-refractivity contribution is -0.132. The van der Waals surface area contributed by atoms with Crippen LogP contribution in [0.5, 0.6) is 5.75 Å². The Hall–Kier alpha value is -3.71. The lowest BCUT2D eigenvalue weighted by atomic mass is 9.98. The zero-order valence-electron chi connectivity index (χ0n) is 24.3. The first-order valence-electron chi connectivity index (χ1n) is 14.6. The minimum absolute atomic E-state index is 0.0572. The number of primary amides is 2. The number of benzene rings is 1. The number of carbonyl (C=O) groups excluding carboxylic acids is 5. The number of fused-ring (bicyclic) bond motifs is 12. The molecule has 2 bridgehead atoms. The van der Waals surface area contributed by atoms with E-state index >= 15 is 0 Å². The molecule has 13 nitrogen and oxygen atoms in total. The molecule has 1 aromatic rings. The number of amides is 5. The summed E-state index contributed by atoms with van der Waals surface area (Å²) in [5.74, 6) is -2.30. The summed E-state index contributed by atoms with van der Waals surface area (Å²) in [6.45, 7) is 4.64. The molecular weight excluding hydrogens is 544 g/mol. The third kappa shape index (κ3) is 9.41. The Bertz CT molecular complexity index is 1110. The molecule has 0 saturated carbocycles. The Morgan fingerprint density at radius 1 is 1.14 bits per heavy atom. The number of nitrogens with two attached hydrogens (primary N) is 2. The fourth-order valence-corrected chi connectivity index (χ4v) is 5.33. The van der Waals surface area contributed by atoms with Crippen molar-refractivity contribution >= 4 is 29.5 Å². The van der Waals surface area contributed by atoms with Crippen LogP contribution in [0.3, 0.4) is 0 Å². The Labute approximate surface area is 246 Å². The molecule has 8 N–H and O–H groups in total. The fraction of sp³-hybridized carbons (Fsp3) is 0.621. The van der Waals surface area contributed by atoms with Crippen molar-refractivity contribution in [2.24, 2.45) is 17.4 Å². The largest absolute Gasteiger partial charge is 0.494 e. The Morgan fingerprint density at radius 3 is 2.50 bits per heavy atom. The number of aliphatic hydroxyl groups is 1. The van der Waals surface area contributed by atoms with Crippen molar-refractivity contribution in [1.82, 2.24) is 20.9 Å². The van der Waals surface area contributed by atoms with Crippen molar-refractivity contribution in [1.29, 1.82) is 0 Å². The van der Waals surface area contributed by atoms with E-state index in [1.54, 1.807) is 12.1 Å². The predicted molar refractivity (Wildman–Crippen MR) is 154 cm³/mol. The number of rotatable bonds is 10. The van der Waals surface area contributed by atoms with Crippen LogP contribution >= 0.6 is 0 Å². The molecule has 0 radical (unpaired) electrons. The molecule has 3 aliphatic rings. The maximum atomic E-state index is 13.3. The molecule has 5 amide bonds. The van der Waals surface area contributed by atoms with E-state index in [0.29, 0.717) is 44.6 Å². The average Bonchev–Trinajstić information content (AvgIpc) is 3.40. The van der Waals surface area contributed by atoms with Crippen LogP contribution in [0, 0.1) is 5.92 Å². The van der Waals surface area contributed by atoms with Gasteiger partial charge in [-0.1, -0.05) is 32.4 Å². The molecule has 42 heavy (non-hydrogen) atoms. The minimum Gasteiger partial charge on any atom is -0.494 e. The van der Waals surface area contributed by atoms with E-state index in [1.807, 2.05) is 30.9 Å². The first-order valence-corrected chi connectivity index (χ1v) is 14.6. The van der Waals surface area contributed by atoms with E-state index in [2.05, 4.69) is 16.0 Å². The summed E-state index contributed by atoms with van der Waals surface area (Å²) in [7, 11) is 0. The first kappa shape index (κ1) is 32.8. The van der Waals surface area contributed by atoms with Crippen LogP contribution in [0.1, 0.15) is 57.9 Å². The van der Waals surface area contributed by atoms with Gasteiger partial charge in [-0.3, -0.25) is 28.9 Å². The second kappa shape index (κ2) is 15.5. The smallest absolute Gasteiger partial charge is 0.243 e. The molecule has 1 aromatic carbocycles. The van der Waals surface area contributed by atoms with Crippen molar-refractivity contribution in [3.63, 3.8) is 0 Å². The van der Waals surface area contributed by atoms with Gasteiger partial charge in [0.2, 0.25) is 29.5 Å². The van der Waals surface area contributed by atoms with Crippen LogP contribution in [0.25, 0.3) is 0 Å². The normalized spacial score (nSPS) is 24.2. The van der Waals surface area contributed by atoms with Crippen molar-refractivity contribution in [2.45, 2.75) is 89.1 Å². The van der Waals surface area contributed by atoms with Crippen LogP contribution in [0.15, 0.2) is 24.3 Å². The fourth-order valence-electron chi connectivity index (χ4n) is 5.33. The van der Waals surface area contributed by atoms with E-state index in [-0.39, 0.29) is 31.2 Å². The highest BCUT2D eigenvalue weighted by Gasteiger charge is 2.37. The zero-order chi connectivity index (χ0) is 30.8. The molecule has 0 aliphatic carbocycles. The van der Waals surface area contributed by atoms with Gasteiger partial charge in [0.15, 0.2) is 0 Å². The van der Waals surface area contributed by atoms with Gasteiger partial charge >= 0.3 is 0 Å². The summed E-state index contributed by atoms with van der Waals surface area (Å²) in [4.78, 5) is 64.5. The summed E-state index contributed by atoms with van der Waals surface area (Å²) in [5, 5.41) is 19.6. The van der Waals surface area contributed by atoms with Gasteiger partial charge in [0, 0.05) is 13.0 Å². The highest BCUT2D eigenvalue weighted by molar-refractivity contribution is 5.92. The summed E-state index contributed by atoms with van der Waals surface area (Å²) >= 11 is 0. The molecule has 0 spiro atoms. The van der Waals surface area contributed by atoms with Crippen LogP contribution < -0.4 is 32.2 Å².